The highest BCUT2D eigenvalue weighted by Crippen LogP contribution is 2.38. The second-order valence-corrected chi connectivity index (χ2v) is 4.89. The van der Waals surface area contributed by atoms with Crippen molar-refractivity contribution in [3.05, 3.63) is 35.9 Å². The van der Waals surface area contributed by atoms with E-state index in [-0.39, 0.29) is 5.41 Å². The van der Waals surface area contributed by atoms with Crippen LogP contribution >= 0.6 is 0 Å². The monoisotopic (exact) mass is 228 g/mol. The Bertz CT molecular complexity index is 383. The predicted molar refractivity (Wildman–Crippen MR) is 69.7 cm³/mol. The van der Waals surface area contributed by atoms with Crippen molar-refractivity contribution in [1.82, 2.24) is 5.32 Å². The molecule has 1 aliphatic rings. The first-order valence-corrected chi connectivity index (χ1v) is 6.51. The Kier molecular flexibility index (Phi) is 3.81. The van der Waals surface area contributed by atoms with Gasteiger partial charge < -0.3 is 5.32 Å². The van der Waals surface area contributed by atoms with Crippen LogP contribution in [0.25, 0.3) is 0 Å². The van der Waals surface area contributed by atoms with Gasteiger partial charge in [0.25, 0.3) is 0 Å². The Labute approximate surface area is 104 Å². The number of nitrogens with zero attached hydrogens (tertiary/aromatic N) is 1. The third kappa shape index (κ3) is 2.50. The van der Waals surface area contributed by atoms with E-state index in [0.29, 0.717) is 6.04 Å². The van der Waals surface area contributed by atoms with Crippen molar-refractivity contribution in [3.8, 4) is 6.07 Å². The molecule has 90 valence electrons. The number of nitrogens with one attached hydrogen (secondary N) is 1. The van der Waals surface area contributed by atoms with Gasteiger partial charge in [-0.3, -0.25) is 0 Å². The molecule has 1 fully saturated rings. The first-order valence-electron chi connectivity index (χ1n) is 6.51. The van der Waals surface area contributed by atoms with Gasteiger partial charge >= 0.3 is 0 Å². The molecule has 0 atom stereocenters. The molecule has 2 nitrogen and oxygen atoms in total. The van der Waals surface area contributed by atoms with Crippen molar-refractivity contribution in [2.75, 3.05) is 6.54 Å². The summed E-state index contributed by atoms with van der Waals surface area (Å²) in [6, 6.07) is 13.4. The van der Waals surface area contributed by atoms with Gasteiger partial charge in [0.05, 0.1) is 11.5 Å². The van der Waals surface area contributed by atoms with Crippen molar-refractivity contribution in [3.63, 3.8) is 0 Å². The minimum Gasteiger partial charge on any atom is -0.314 e. The van der Waals surface area contributed by atoms with E-state index in [1.54, 1.807) is 0 Å². The second-order valence-electron chi connectivity index (χ2n) is 4.89. The van der Waals surface area contributed by atoms with Crippen LogP contribution in [0.4, 0.5) is 0 Å². The topological polar surface area (TPSA) is 35.8 Å². The fraction of sp³-hybridized carbons (Fsp3) is 0.533. The summed E-state index contributed by atoms with van der Waals surface area (Å²) in [4.78, 5) is 0. The average molecular weight is 228 g/mol. The zero-order valence-electron chi connectivity index (χ0n) is 10.4. The van der Waals surface area contributed by atoms with Crippen molar-refractivity contribution < 1.29 is 0 Å². The van der Waals surface area contributed by atoms with Crippen molar-refractivity contribution in [2.24, 2.45) is 0 Å². The van der Waals surface area contributed by atoms with Gasteiger partial charge in [-0.25, -0.2) is 0 Å². The Balaban J connectivity index is 2.12. The van der Waals surface area contributed by atoms with Gasteiger partial charge in [-0.2, -0.15) is 5.26 Å². The van der Waals surface area contributed by atoms with Gasteiger partial charge in [0.15, 0.2) is 0 Å². The molecule has 1 aromatic rings. The SMILES string of the molecule is CCNC1CCC(C#N)(c2ccccc2)CC1. The summed E-state index contributed by atoms with van der Waals surface area (Å²) in [6.45, 7) is 3.17. The van der Waals surface area contributed by atoms with Crippen LogP contribution in [-0.2, 0) is 5.41 Å². The van der Waals surface area contributed by atoms with Crippen molar-refractivity contribution in [2.45, 2.75) is 44.1 Å². The lowest BCUT2D eigenvalue weighted by Gasteiger charge is -2.35. The molecule has 0 unspecified atom stereocenters. The lowest BCUT2D eigenvalue weighted by molar-refractivity contribution is 0.299. The molecular weight excluding hydrogens is 208 g/mol. The lowest BCUT2D eigenvalue weighted by atomic mass is 9.69. The first-order chi connectivity index (χ1) is 8.30. The second kappa shape index (κ2) is 5.33. The summed E-state index contributed by atoms with van der Waals surface area (Å²) in [5.41, 5.74) is 0.949. The van der Waals surface area contributed by atoms with Crippen LogP contribution in [0.1, 0.15) is 38.2 Å². The van der Waals surface area contributed by atoms with Gasteiger partial charge in [-0.05, 0) is 37.8 Å². The summed E-state index contributed by atoms with van der Waals surface area (Å²) in [7, 11) is 0. The van der Waals surface area contributed by atoms with Crippen LogP contribution in [-0.4, -0.2) is 12.6 Å². The molecule has 0 spiro atoms. The Morgan fingerprint density at radius 1 is 1.29 bits per heavy atom. The van der Waals surface area contributed by atoms with Crippen molar-refractivity contribution >= 4 is 0 Å². The maximum Gasteiger partial charge on any atom is 0.0823 e. The summed E-state index contributed by atoms with van der Waals surface area (Å²) in [5.74, 6) is 0. The molecule has 0 radical (unpaired) electrons. The zero-order valence-corrected chi connectivity index (χ0v) is 10.4. The van der Waals surface area contributed by atoms with Gasteiger partial charge in [-0.15, -0.1) is 0 Å². The molecule has 1 aliphatic carbocycles. The van der Waals surface area contributed by atoms with Gasteiger partial charge in [0.2, 0.25) is 0 Å². The van der Waals surface area contributed by atoms with Crippen LogP contribution in [0.15, 0.2) is 30.3 Å². The molecular formula is C15H20N2. The molecule has 17 heavy (non-hydrogen) atoms. The largest absolute Gasteiger partial charge is 0.314 e. The van der Waals surface area contributed by atoms with E-state index in [1.165, 1.54) is 5.56 Å². The Hall–Kier alpha value is -1.33. The summed E-state index contributed by atoms with van der Waals surface area (Å²) < 4.78 is 0. The molecule has 1 aromatic carbocycles. The van der Waals surface area contributed by atoms with Gasteiger partial charge in [0.1, 0.15) is 0 Å². The Morgan fingerprint density at radius 3 is 2.47 bits per heavy atom. The smallest absolute Gasteiger partial charge is 0.0823 e. The molecule has 0 saturated heterocycles. The summed E-state index contributed by atoms with van der Waals surface area (Å²) >= 11 is 0. The highest BCUT2D eigenvalue weighted by Gasteiger charge is 2.36. The molecule has 0 aromatic heterocycles. The van der Waals surface area contributed by atoms with E-state index in [1.807, 2.05) is 18.2 Å². The lowest BCUT2D eigenvalue weighted by Crippen LogP contribution is -2.39. The fourth-order valence-corrected chi connectivity index (χ4v) is 2.83. The minimum absolute atomic E-state index is 0.243. The van der Waals surface area contributed by atoms with Crippen LogP contribution in [0.5, 0.6) is 0 Å². The average Bonchev–Trinajstić information content (AvgIpc) is 2.41. The minimum atomic E-state index is -0.243. The molecule has 2 heteroatoms. The number of nitriles is 1. The number of rotatable bonds is 3. The molecule has 0 heterocycles. The molecule has 2 rings (SSSR count). The maximum absolute atomic E-state index is 9.54. The highest BCUT2D eigenvalue weighted by atomic mass is 14.9. The van der Waals surface area contributed by atoms with E-state index in [2.05, 4.69) is 30.4 Å². The first kappa shape index (κ1) is 12.1. The number of hydrogen-bond donors (Lipinski definition) is 1. The van der Waals surface area contributed by atoms with E-state index in [9.17, 15) is 5.26 Å². The van der Waals surface area contributed by atoms with Gasteiger partial charge in [-0.1, -0.05) is 37.3 Å². The molecule has 0 aliphatic heterocycles. The number of hydrogen-bond acceptors (Lipinski definition) is 2. The molecule has 1 N–H and O–H groups in total. The molecule has 0 amide bonds. The van der Waals surface area contributed by atoms with Crippen LogP contribution in [0, 0.1) is 11.3 Å². The van der Waals surface area contributed by atoms with E-state index in [4.69, 9.17) is 0 Å². The van der Waals surface area contributed by atoms with Crippen molar-refractivity contribution in [1.29, 1.82) is 5.26 Å². The van der Waals surface area contributed by atoms with Crippen LogP contribution in [0.2, 0.25) is 0 Å². The third-order valence-electron chi connectivity index (χ3n) is 3.87. The molecule has 1 saturated carbocycles. The standard InChI is InChI=1S/C15H20N2/c1-2-17-14-8-10-15(12-16,11-9-14)13-6-4-3-5-7-13/h3-7,14,17H,2,8-11H2,1H3. The van der Waals surface area contributed by atoms with Gasteiger partial charge in [0, 0.05) is 6.04 Å². The van der Waals surface area contributed by atoms with Crippen LogP contribution in [0.3, 0.4) is 0 Å². The maximum atomic E-state index is 9.54. The summed E-state index contributed by atoms with van der Waals surface area (Å²) in [5, 5.41) is 13.0. The van der Waals surface area contributed by atoms with E-state index < -0.39 is 0 Å². The molecule has 0 bridgehead atoms. The zero-order chi connectivity index (χ0) is 12.1. The van der Waals surface area contributed by atoms with E-state index in [0.717, 1.165) is 32.2 Å². The summed E-state index contributed by atoms with van der Waals surface area (Å²) in [6.07, 6.45) is 4.17. The predicted octanol–water partition coefficient (Wildman–Crippen LogP) is 3.00. The normalized spacial score (nSPS) is 28.6. The Morgan fingerprint density at radius 2 is 1.94 bits per heavy atom. The fourth-order valence-electron chi connectivity index (χ4n) is 2.83. The van der Waals surface area contributed by atoms with E-state index >= 15 is 0 Å². The third-order valence-corrected chi connectivity index (χ3v) is 3.87. The number of benzene rings is 1. The quantitative estimate of drug-likeness (QED) is 0.863. The highest BCUT2D eigenvalue weighted by molar-refractivity contribution is 5.33. The van der Waals surface area contributed by atoms with Crippen LogP contribution < -0.4 is 5.32 Å².